The van der Waals surface area contributed by atoms with Crippen molar-refractivity contribution in [1.29, 1.82) is 0 Å². The first-order chi connectivity index (χ1) is 13.9. The smallest absolute Gasteiger partial charge is 0.185 e. The molecule has 0 radical (unpaired) electrons. The summed E-state index contributed by atoms with van der Waals surface area (Å²) in [5.41, 5.74) is 1.74. The Kier molecular flexibility index (Phi) is 7.35. The van der Waals surface area contributed by atoms with Crippen molar-refractivity contribution in [1.82, 2.24) is 0 Å². The van der Waals surface area contributed by atoms with Crippen LogP contribution in [0.4, 0.5) is 0 Å². The molecule has 0 heterocycles. The fourth-order valence-electron chi connectivity index (χ4n) is 2.82. The summed E-state index contributed by atoms with van der Waals surface area (Å²) in [6.07, 6.45) is 3.37. The molecule has 0 N–H and O–H groups in total. The van der Waals surface area contributed by atoms with E-state index in [0.717, 1.165) is 22.6 Å². The molecule has 2 aromatic rings. The van der Waals surface area contributed by atoms with Gasteiger partial charge < -0.3 is 14.2 Å². The van der Waals surface area contributed by atoms with Gasteiger partial charge in [0.1, 0.15) is 28.5 Å². The Morgan fingerprint density at radius 1 is 0.900 bits per heavy atom. The van der Waals surface area contributed by atoms with E-state index in [1.165, 1.54) is 0 Å². The van der Waals surface area contributed by atoms with E-state index in [0.29, 0.717) is 17.9 Å². The van der Waals surface area contributed by atoms with Crippen molar-refractivity contribution in [3.8, 4) is 17.2 Å². The molecule has 2 aromatic carbocycles. The maximum Gasteiger partial charge on any atom is 0.185 e. The number of benzene rings is 2. The molecule has 0 bridgehead atoms. The van der Waals surface area contributed by atoms with Crippen LogP contribution < -0.4 is 14.2 Å². The second-order valence-corrected chi connectivity index (χ2v) is 9.24. The Labute approximate surface area is 180 Å². The molecule has 0 aromatic heterocycles. The molecule has 0 saturated heterocycles. The highest BCUT2D eigenvalue weighted by Crippen LogP contribution is 2.34. The number of ether oxygens (including phenoxy) is 3. The Hall–Kier alpha value is -2.75. The first kappa shape index (κ1) is 23.5. The Bertz CT molecular complexity index is 894. The number of hydrogen-bond acceptors (Lipinski definition) is 4. The minimum atomic E-state index is -0.379. The van der Waals surface area contributed by atoms with Gasteiger partial charge in [-0.2, -0.15) is 0 Å². The van der Waals surface area contributed by atoms with Crippen LogP contribution in [0.25, 0.3) is 6.08 Å². The fourth-order valence-corrected chi connectivity index (χ4v) is 2.82. The Balaban J connectivity index is 2.33. The predicted molar refractivity (Wildman–Crippen MR) is 123 cm³/mol. The summed E-state index contributed by atoms with van der Waals surface area (Å²) >= 11 is 0. The van der Waals surface area contributed by atoms with E-state index in [2.05, 4.69) is 0 Å². The maximum absolute atomic E-state index is 12.6. The minimum Gasteiger partial charge on any atom is -0.494 e. The molecule has 2 rings (SSSR count). The van der Waals surface area contributed by atoms with E-state index < -0.39 is 0 Å². The molecule has 0 atom stereocenters. The summed E-state index contributed by atoms with van der Waals surface area (Å²) in [4.78, 5) is 12.6. The zero-order chi connectivity index (χ0) is 22.5. The highest BCUT2D eigenvalue weighted by Gasteiger charge is 2.19. The van der Waals surface area contributed by atoms with Crippen LogP contribution in [-0.4, -0.2) is 23.6 Å². The summed E-state index contributed by atoms with van der Waals surface area (Å²) in [5, 5.41) is 0. The van der Waals surface area contributed by atoms with Gasteiger partial charge in [0.05, 0.1) is 6.61 Å². The van der Waals surface area contributed by atoms with Crippen molar-refractivity contribution in [2.24, 2.45) is 0 Å². The van der Waals surface area contributed by atoms with Gasteiger partial charge in [0.2, 0.25) is 0 Å². The third-order valence-corrected chi connectivity index (χ3v) is 4.00. The molecule has 162 valence electrons. The van der Waals surface area contributed by atoms with E-state index in [4.69, 9.17) is 14.2 Å². The van der Waals surface area contributed by atoms with Crippen LogP contribution in [0.3, 0.4) is 0 Å². The third kappa shape index (κ3) is 7.25. The summed E-state index contributed by atoms with van der Waals surface area (Å²) in [6.45, 7) is 16.5. The van der Waals surface area contributed by atoms with E-state index >= 15 is 0 Å². The van der Waals surface area contributed by atoms with Gasteiger partial charge in [-0.25, -0.2) is 0 Å². The normalized spacial score (nSPS) is 12.1. The van der Waals surface area contributed by atoms with E-state index in [1.807, 2.05) is 79.7 Å². The topological polar surface area (TPSA) is 44.8 Å². The summed E-state index contributed by atoms with van der Waals surface area (Å²) < 4.78 is 17.7. The lowest BCUT2D eigenvalue weighted by atomic mass is 10.0. The van der Waals surface area contributed by atoms with Crippen LogP contribution in [0.5, 0.6) is 17.2 Å². The lowest BCUT2D eigenvalue weighted by Gasteiger charge is -2.26. The predicted octanol–water partition coefficient (Wildman–Crippen LogP) is 6.64. The first-order valence-electron chi connectivity index (χ1n) is 10.4. The molecule has 0 unspecified atom stereocenters. The lowest BCUT2D eigenvalue weighted by molar-refractivity contribution is 0.104. The summed E-state index contributed by atoms with van der Waals surface area (Å²) in [7, 11) is 0. The molecule has 4 nitrogen and oxygen atoms in total. The number of allylic oxidation sites excluding steroid dienone is 1. The van der Waals surface area contributed by atoms with Crippen molar-refractivity contribution in [2.75, 3.05) is 6.61 Å². The number of ketones is 1. The molecular weight excluding hydrogens is 376 g/mol. The molecule has 0 fully saturated rings. The molecule has 0 aliphatic heterocycles. The highest BCUT2D eigenvalue weighted by molar-refractivity contribution is 6.07. The third-order valence-electron chi connectivity index (χ3n) is 4.00. The SMILES string of the molecule is CCOc1ccc(C(=O)C=Cc2cc(C)c(OC(C)(C)C)cc2OC(C)(C)C)cc1. The van der Waals surface area contributed by atoms with Gasteiger partial charge in [-0.05, 0) is 103 Å². The number of hydrogen-bond donors (Lipinski definition) is 0. The highest BCUT2D eigenvalue weighted by atomic mass is 16.5. The van der Waals surface area contributed by atoms with Gasteiger partial charge in [-0.1, -0.05) is 0 Å². The molecule has 0 saturated carbocycles. The molecule has 30 heavy (non-hydrogen) atoms. The first-order valence-corrected chi connectivity index (χ1v) is 10.4. The van der Waals surface area contributed by atoms with Gasteiger partial charge in [0, 0.05) is 17.2 Å². The zero-order valence-corrected chi connectivity index (χ0v) is 19.5. The van der Waals surface area contributed by atoms with Crippen molar-refractivity contribution in [3.05, 3.63) is 59.2 Å². The van der Waals surface area contributed by atoms with Gasteiger partial charge in [-0.15, -0.1) is 0 Å². The van der Waals surface area contributed by atoms with Crippen LogP contribution in [0.2, 0.25) is 0 Å². The van der Waals surface area contributed by atoms with E-state index in [9.17, 15) is 4.79 Å². The van der Waals surface area contributed by atoms with Crippen molar-refractivity contribution >= 4 is 11.9 Å². The van der Waals surface area contributed by atoms with Crippen molar-refractivity contribution in [3.63, 3.8) is 0 Å². The molecule has 0 aliphatic rings. The van der Waals surface area contributed by atoms with Gasteiger partial charge in [0.25, 0.3) is 0 Å². The second-order valence-electron chi connectivity index (χ2n) is 9.24. The van der Waals surface area contributed by atoms with Crippen LogP contribution in [-0.2, 0) is 0 Å². The largest absolute Gasteiger partial charge is 0.494 e. The standard InChI is InChI=1S/C26H34O4/c1-9-28-21-13-10-19(11-14-21)22(27)15-12-20-16-18(2)23(29-25(3,4)5)17-24(20)30-26(6,7)8/h10-17H,9H2,1-8H3. The van der Waals surface area contributed by atoms with Crippen LogP contribution >= 0.6 is 0 Å². The Morgan fingerprint density at radius 3 is 2.00 bits per heavy atom. The average molecular weight is 411 g/mol. The van der Waals surface area contributed by atoms with Crippen LogP contribution in [0, 0.1) is 6.92 Å². The minimum absolute atomic E-state index is 0.0765. The van der Waals surface area contributed by atoms with Crippen LogP contribution in [0.15, 0.2) is 42.5 Å². The summed E-state index contributed by atoms with van der Waals surface area (Å²) in [6, 6.07) is 11.1. The van der Waals surface area contributed by atoms with Gasteiger partial charge >= 0.3 is 0 Å². The quantitative estimate of drug-likeness (QED) is 0.379. The van der Waals surface area contributed by atoms with E-state index in [-0.39, 0.29) is 17.0 Å². The second kappa shape index (κ2) is 9.38. The number of rotatable bonds is 7. The molecule has 0 spiro atoms. The lowest BCUT2D eigenvalue weighted by Crippen LogP contribution is -2.25. The molecular formula is C26H34O4. The number of aryl methyl sites for hydroxylation is 1. The summed E-state index contributed by atoms with van der Waals surface area (Å²) in [5.74, 6) is 2.14. The van der Waals surface area contributed by atoms with Crippen molar-refractivity contribution in [2.45, 2.75) is 66.6 Å². The molecule has 0 aliphatic carbocycles. The van der Waals surface area contributed by atoms with Gasteiger partial charge in [-0.3, -0.25) is 4.79 Å². The van der Waals surface area contributed by atoms with Crippen molar-refractivity contribution < 1.29 is 19.0 Å². The number of carbonyl (C=O) groups excluding carboxylic acids is 1. The van der Waals surface area contributed by atoms with Gasteiger partial charge in [0.15, 0.2) is 5.78 Å². The molecule has 4 heteroatoms. The average Bonchev–Trinajstić information content (AvgIpc) is 2.61. The monoisotopic (exact) mass is 410 g/mol. The van der Waals surface area contributed by atoms with Crippen LogP contribution in [0.1, 0.15) is 70.0 Å². The Morgan fingerprint density at radius 2 is 1.47 bits per heavy atom. The fraction of sp³-hybridized carbons (Fsp3) is 0.423. The molecule has 0 amide bonds. The maximum atomic E-state index is 12.6. The zero-order valence-electron chi connectivity index (χ0n) is 19.5. The van der Waals surface area contributed by atoms with E-state index in [1.54, 1.807) is 24.3 Å². The number of carbonyl (C=O) groups is 1.